The number of rotatable bonds is 10. The Morgan fingerprint density at radius 2 is 1.86 bits per heavy atom. The average Bonchev–Trinajstić information content (AvgIpc) is 2.87. The van der Waals surface area contributed by atoms with Crippen molar-refractivity contribution in [2.75, 3.05) is 71.7 Å². The maximum Gasteiger partial charge on any atom is 0.242 e. The number of anilines is 1. The molecule has 0 saturated carbocycles. The summed E-state index contributed by atoms with van der Waals surface area (Å²) in [5.41, 5.74) is 4.15. The van der Waals surface area contributed by atoms with Gasteiger partial charge in [0.25, 0.3) is 0 Å². The molecule has 11 heteroatoms. The number of ether oxygens (including phenoxy) is 2. The minimum atomic E-state index is -3.19. The smallest absolute Gasteiger partial charge is 0.242 e. The van der Waals surface area contributed by atoms with Gasteiger partial charge in [0, 0.05) is 64.9 Å². The molecule has 2 aromatic heterocycles. The van der Waals surface area contributed by atoms with Gasteiger partial charge in [-0.15, -0.1) is 0 Å². The second kappa shape index (κ2) is 11.5. The van der Waals surface area contributed by atoms with Crippen LogP contribution in [-0.4, -0.2) is 105 Å². The van der Waals surface area contributed by atoms with Gasteiger partial charge >= 0.3 is 0 Å². The SMILES string of the molecule is CN(C)c1ccc(-c2cc3nccnc3c(OC[C@@H]3CN(CCCS(=O)(=O)N(C)C)CCO3)n2)cc1. The minimum absolute atomic E-state index is 0.134. The van der Waals surface area contributed by atoms with E-state index in [0.717, 1.165) is 23.5 Å². The van der Waals surface area contributed by atoms with Crippen LogP contribution in [0.1, 0.15) is 6.42 Å². The quantitative estimate of drug-likeness (QED) is 0.403. The molecule has 1 aliphatic rings. The molecule has 1 atom stereocenters. The Kier molecular flexibility index (Phi) is 8.35. The molecule has 3 heterocycles. The molecule has 1 saturated heterocycles. The highest BCUT2D eigenvalue weighted by molar-refractivity contribution is 7.89. The van der Waals surface area contributed by atoms with Crippen molar-refractivity contribution in [2.45, 2.75) is 12.5 Å². The van der Waals surface area contributed by atoms with E-state index in [1.807, 2.05) is 49.3 Å². The summed E-state index contributed by atoms with van der Waals surface area (Å²) in [6.45, 7) is 3.01. The lowest BCUT2D eigenvalue weighted by Gasteiger charge is -2.32. The van der Waals surface area contributed by atoms with Crippen molar-refractivity contribution in [1.82, 2.24) is 24.2 Å². The molecule has 0 N–H and O–H groups in total. The van der Waals surface area contributed by atoms with E-state index in [9.17, 15) is 8.42 Å². The van der Waals surface area contributed by atoms with E-state index in [2.05, 4.69) is 14.9 Å². The number of morpholine rings is 1. The highest BCUT2D eigenvalue weighted by Gasteiger charge is 2.23. The van der Waals surface area contributed by atoms with E-state index in [1.165, 1.54) is 4.31 Å². The second-order valence-electron chi connectivity index (χ2n) is 9.23. The van der Waals surface area contributed by atoms with Crippen LogP contribution in [0.2, 0.25) is 0 Å². The number of nitrogens with zero attached hydrogens (tertiary/aromatic N) is 6. The van der Waals surface area contributed by atoms with Crippen molar-refractivity contribution in [1.29, 1.82) is 0 Å². The van der Waals surface area contributed by atoms with Gasteiger partial charge in [-0.2, -0.15) is 0 Å². The molecule has 0 amide bonds. The summed E-state index contributed by atoms with van der Waals surface area (Å²) in [6, 6.07) is 10.1. The lowest BCUT2D eigenvalue weighted by molar-refractivity contribution is -0.0481. The molecule has 1 aliphatic heterocycles. The maximum atomic E-state index is 12.0. The van der Waals surface area contributed by atoms with Gasteiger partial charge in [-0.3, -0.25) is 9.88 Å². The van der Waals surface area contributed by atoms with Crippen LogP contribution < -0.4 is 9.64 Å². The predicted molar refractivity (Wildman–Crippen MR) is 141 cm³/mol. The van der Waals surface area contributed by atoms with Crippen LogP contribution in [0.4, 0.5) is 5.69 Å². The number of fused-ring (bicyclic) bond motifs is 1. The van der Waals surface area contributed by atoms with E-state index in [-0.39, 0.29) is 11.9 Å². The van der Waals surface area contributed by atoms with Gasteiger partial charge in [0.15, 0.2) is 5.52 Å². The fraction of sp³-hybridized carbons (Fsp3) is 0.480. The molecule has 1 fully saturated rings. The summed E-state index contributed by atoms with van der Waals surface area (Å²) in [4.78, 5) is 17.9. The first-order chi connectivity index (χ1) is 17.2. The molecule has 3 aromatic rings. The second-order valence-corrected chi connectivity index (χ2v) is 11.5. The highest BCUT2D eigenvalue weighted by atomic mass is 32.2. The number of aromatic nitrogens is 3. The number of hydrogen-bond acceptors (Lipinski definition) is 9. The van der Waals surface area contributed by atoms with Crippen molar-refractivity contribution >= 4 is 26.7 Å². The maximum absolute atomic E-state index is 12.0. The van der Waals surface area contributed by atoms with Gasteiger partial charge in [-0.25, -0.2) is 22.7 Å². The van der Waals surface area contributed by atoms with Crippen LogP contribution in [0.5, 0.6) is 5.88 Å². The van der Waals surface area contributed by atoms with E-state index >= 15 is 0 Å². The topological polar surface area (TPSA) is 101 Å². The van der Waals surface area contributed by atoms with Crippen molar-refractivity contribution in [3.63, 3.8) is 0 Å². The van der Waals surface area contributed by atoms with Gasteiger partial charge in [0.2, 0.25) is 15.9 Å². The van der Waals surface area contributed by atoms with Crippen LogP contribution in [0, 0.1) is 0 Å². The standard InChI is InChI=1S/C25H34N6O4S/c1-29(2)20-8-6-19(7-9-20)22-16-23-24(27-11-10-26-23)25(28-22)35-18-21-17-31(13-14-34-21)12-5-15-36(32,33)30(3)4/h6-11,16,21H,5,12-15,17-18H2,1-4H3/t21-/m0/s1. The third kappa shape index (κ3) is 6.47. The summed E-state index contributed by atoms with van der Waals surface area (Å²) in [5.74, 6) is 0.556. The number of benzene rings is 1. The van der Waals surface area contributed by atoms with Crippen molar-refractivity contribution in [2.24, 2.45) is 0 Å². The monoisotopic (exact) mass is 514 g/mol. The summed E-state index contributed by atoms with van der Waals surface area (Å²) < 4.78 is 37.4. The molecule has 0 unspecified atom stereocenters. The molecule has 0 radical (unpaired) electrons. The normalized spacial score (nSPS) is 17.0. The number of sulfonamides is 1. The Hall–Kier alpha value is -2.86. The zero-order valence-corrected chi connectivity index (χ0v) is 22.1. The molecule has 0 spiro atoms. The summed E-state index contributed by atoms with van der Waals surface area (Å²) in [7, 11) is 3.95. The van der Waals surface area contributed by atoms with E-state index in [0.29, 0.717) is 49.6 Å². The molecular formula is C25H34N6O4S. The Labute approximate surface area is 212 Å². The fourth-order valence-corrected chi connectivity index (χ4v) is 4.89. The van der Waals surface area contributed by atoms with E-state index < -0.39 is 10.0 Å². The van der Waals surface area contributed by atoms with Gasteiger partial charge in [0.1, 0.15) is 12.7 Å². The molecule has 1 aromatic carbocycles. The van der Waals surface area contributed by atoms with Crippen molar-refractivity contribution in [3.05, 3.63) is 42.7 Å². The van der Waals surface area contributed by atoms with E-state index in [4.69, 9.17) is 14.5 Å². The summed E-state index contributed by atoms with van der Waals surface area (Å²) in [6.07, 6.45) is 3.71. The molecule has 0 aliphatic carbocycles. The van der Waals surface area contributed by atoms with Gasteiger partial charge < -0.3 is 14.4 Å². The third-order valence-corrected chi connectivity index (χ3v) is 8.08. The van der Waals surface area contributed by atoms with Crippen LogP contribution in [-0.2, 0) is 14.8 Å². The van der Waals surface area contributed by atoms with Crippen LogP contribution in [0.3, 0.4) is 0 Å². The van der Waals surface area contributed by atoms with Crippen molar-refractivity contribution in [3.8, 4) is 17.1 Å². The fourth-order valence-electron chi connectivity index (χ4n) is 4.03. The lowest BCUT2D eigenvalue weighted by Crippen LogP contribution is -2.45. The first-order valence-corrected chi connectivity index (χ1v) is 13.6. The van der Waals surface area contributed by atoms with Crippen molar-refractivity contribution < 1.29 is 17.9 Å². The van der Waals surface area contributed by atoms with Gasteiger partial charge in [-0.05, 0) is 31.2 Å². The lowest BCUT2D eigenvalue weighted by atomic mass is 10.1. The van der Waals surface area contributed by atoms with Crippen LogP contribution >= 0.6 is 0 Å². The summed E-state index contributed by atoms with van der Waals surface area (Å²) in [5, 5.41) is 0. The largest absolute Gasteiger partial charge is 0.473 e. The van der Waals surface area contributed by atoms with Crippen LogP contribution in [0.25, 0.3) is 22.3 Å². The van der Waals surface area contributed by atoms with Crippen LogP contribution in [0.15, 0.2) is 42.7 Å². The Balaban J connectivity index is 1.43. The first-order valence-electron chi connectivity index (χ1n) is 12.0. The molecule has 36 heavy (non-hydrogen) atoms. The molecule has 4 rings (SSSR count). The Morgan fingerprint density at radius 3 is 2.58 bits per heavy atom. The predicted octanol–water partition coefficient (Wildman–Crippen LogP) is 2.12. The number of pyridine rings is 1. The molecule has 10 nitrogen and oxygen atoms in total. The Morgan fingerprint density at radius 1 is 1.11 bits per heavy atom. The summed E-state index contributed by atoms with van der Waals surface area (Å²) >= 11 is 0. The van der Waals surface area contributed by atoms with Gasteiger partial charge in [0.05, 0.1) is 23.6 Å². The molecule has 0 bridgehead atoms. The Bertz CT molecular complexity index is 1270. The third-order valence-electron chi connectivity index (χ3n) is 6.17. The zero-order chi connectivity index (χ0) is 25.7. The highest BCUT2D eigenvalue weighted by Crippen LogP contribution is 2.28. The van der Waals surface area contributed by atoms with Gasteiger partial charge in [-0.1, -0.05) is 12.1 Å². The average molecular weight is 515 g/mol. The molecular weight excluding hydrogens is 480 g/mol. The zero-order valence-electron chi connectivity index (χ0n) is 21.3. The van der Waals surface area contributed by atoms with E-state index in [1.54, 1.807) is 26.5 Å². The number of hydrogen-bond donors (Lipinski definition) is 0. The minimum Gasteiger partial charge on any atom is -0.473 e. The first kappa shape index (κ1) is 26.2. The molecule has 194 valence electrons.